The van der Waals surface area contributed by atoms with Gasteiger partial charge in [0.1, 0.15) is 54.9 Å². The molecule has 0 spiro atoms. The lowest BCUT2D eigenvalue weighted by Gasteiger charge is -2.48. The molecule has 1 saturated carbocycles. The molecule has 4 rings (SSSR count). The van der Waals surface area contributed by atoms with Crippen molar-refractivity contribution in [1.29, 1.82) is 0 Å². The van der Waals surface area contributed by atoms with Crippen molar-refractivity contribution < 1.29 is 78.1 Å². The second-order valence-electron chi connectivity index (χ2n) is 13.5. The molecule has 0 bridgehead atoms. The Morgan fingerprint density at radius 3 is 1.88 bits per heavy atom. The molecule has 0 radical (unpaired) electrons. The monoisotopic (exact) mass is 749 g/mol. The lowest BCUT2D eigenvalue weighted by molar-refractivity contribution is -0.280. The highest BCUT2D eigenvalue weighted by Crippen LogP contribution is 2.38. The number of halogens is 2. The predicted molar refractivity (Wildman–Crippen MR) is 166 cm³/mol. The van der Waals surface area contributed by atoms with E-state index in [1.807, 2.05) is 0 Å². The summed E-state index contributed by atoms with van der Waals surface area (Å²) in [5, 5.41) is 86.5. The van der Waals surface area contributed by atoms with Gasteiger partial charge >= 0.3 is 0 Å². The molecular weight excluding hydrogens is 696 g/mol. The Labute approximate surface area is 291 Å². The van der Waals surface area contributed by atoms with Gasteiger partial charge in [0.15, 0.2) is 18.7 Å². The first-order valence-electron chi connectivity index (χ1n) is 16.6. The Morgan fingerprint density at radius 2 is 1.31 bits per heavy atom. The van der Waals surface area contributed by atoms with Crippen molar-refractivity contribution in [2.75, 3.05) is 26.2 Å². The zero-order valence-corrected chi connectivity index (χ0v) is 27.5. The Balaban J connectivity index is 1.59. The molecule has 4 aliphatic rings. The maximum Gasteiger partial charge on any atom is 0.294 e. The van der Waals surface area contributed by atoms with Crippen LogP contribution in [0.15, 0.2) is 0 Å². The van der Waals surface area contributed by atoms with E-state index in [1.54, 1.807) is 0 Å². The summed E-state index contributed by atoms with van der Waals surface area (Å²) >= 11 is 0. The molecule has 3 saturated heterocycles. The average molecular weight is 750 g/mol. The van der Waals surface area contributed by atoms with E-state index >= 15 is 0 Å². The van der Waals surface area contributed by atoms with E-state index in [2.05, 4.69) is 5.32 Å². The normalized spacial score (nSPS) is 47.3. The number of aliphatic hydroxyl groups is 8. The van der Waals surface area contributed by atoms with Gasteiger partial charge in [-0.2, -0.15) is 0 Å². The van der Waals surface area contributed by atoms with Crippen molar-refractivity contribution in [3.8, 4) is 0 Å². The lowest BCUT2D eigenvalue weighted by Crippen LogP contribution is -2.66. The molecule has 1 amide bonds. The number of nitrogens with one attached hydrogen (secondary N) is 1. The molecule has 0 aromatic heterocycles. The molecule has 298 valence electrons. The number of amides is 1. The molecule has 3 heterocycles. The quantitative estimate of drug-likeness (QED) is 0.0831. The molecule has 21 nitrogen and oxygen atoms in total. The minimum atomic E-state index is -4.01. The van der Waals surface area contributed by atoms with Gasteiger partial charge in [-0.05, 0) is 12.8 Å². The van der Waals surface area contributed by atoms with Gasteiger partial charge in [0, 0.05) is 25.0 Å². The third-order valence-corrected chi connectivity index (χ3v) is 10.2. The van der Waals surface area contributed by atoms with E-state index in [-0.39, 0.29) is 25.9 Å². The highest BCUT2D eigenvalue weighted by atomic mass is 19.3. The fourth-order valence-electron chi connectivity index (χ4n) is 6.98. The van der Waals surface area contributed by atoms with Gasteiger partial charge in [0.2, 0.25) is 0 Å². The Hall–Kier alpha value is -1.43. The summed E-state index contributed by atoms with van der Waals surface area (Å²) in [6.45, 7) is -2.56. The first-order valence-corrected chi connectivity index (χ1v) is 16.6. The minimum Gasteiger partial charge on any atom is -0.394 e. The smallest absolute Gasteiger partial charge is 0.294 e. The Kier molecular flexibility index (Phi) is 14.4. The van der Waals surface area contributed by atoms with Crippen LogP contribution in [0.25, 0.3) is 0 Å². The zero-order valence-electron chi connectivity index (χ0n) is 27.5. The molecule has 20 atom stereocenters. The standard InChI is InChI=1S/C28H53F2N7O14/c29-28(30,6-33)24(45)25(46)37-9-2-8(34)7(1-10-14(35)19(42)17(40)11(3-31)47-10)22(16(9)39)50-27-21(44)23(13(5-38)49-27)51-26-15(36)20(43)18(41)12(4-32)48-26/h7-24,26-27,38-45H,1-6,31-36H2,(H,37,46)/t7-,8+,9-,10-,11-,12+,13-,14+,15-,16+,17-,18-,19+,20-,21-,22+,23-,24+,26-,27+/m1/s1. The number of carbonyl (C=O) groups excluding carboxylic acids is 1. The van der Waals surface area contributed by atoms with E-state index in [9.17, 15) is 54.4 Å². The molecule has 51 heavy (non-hydrogen) atoms. The second-order valence-corrected chi connectivity index (χ2v) is 13.5. The highest BCUT2D eigenvalue weighted by Gasteiger charge is 2.55. The number of ether oxygens (including phenoxy) is 5. The highest BCUT2D eigenvalue weighted by molar-refractivity contribution is 5.82. The van der Waals surface area contributed by atoms with Gasteiger partial charge in [-0.25, -0.2) is 8.78 Å². The predicted octanol–water partition coefficient (Wildman–Crippen LogP) is -9.12. The van der Waals surface area contributed by atoms with Crippen molar-refractivity contribution in [2.45, 2.75) is 135 Å². The van der Waals surface area contributed by atoms with Crippen LogP contribution in [0.2, 0.25) is 0 Å². The van der Waals surface area contributed by atoms with Crippen molar-refractivity contribution in [3.63, 3.8) is 0 Å². The Bertz CT molecular complexity index is 1140. The fraction of sp³-hybridized carbons (Fsp3) is 0.964. The average Bonchev–Trinajstić information content (AvgIpc) is 3.40. The third kappa shape index (κ3) is 8.77. The summed E-state index contributed by atoms with van der Waals surface area (Å²) < 4.78 is 57.1. The van der Waals surface area contributed by atoms with Gasteiger partial charge in [-0.1, -0.05) is 0 Å². The van der Waals surface area contributed by atoms with E-state index in [0.29, 0.717) is 0 Å². The number of alkyl halides is 2. The number of nitrogens with two attached hydrogens (primary N) is 6. The molecule has 23 heteroatoms. The van der Waals surface area contributed by atoms with Crippen LogP contribution in [0.5, 0.6) is 0 Å². The van der Waals surface area contributed by atoms with Crippen LogP contribution < -0.4 is 39.7 Å². The van der Waals surface area contributed by atoms with Gasteiger partial charge in [0.25, 0.3) is 11.8 Å². The fourth-order valence-corrected chi connectivity index (χ4v) is 6.98. The molecule has 0 aromatic rings. The topological polar surface area (TPSA) is 393 Å². The van der Waals surface area contributed by atoms with Crippen molar-refractivity contribution in [3.05, 3.63) is 0 Å². The zero-order chi connectivity index (χ0) is 38.1. The van der Waals surface area contributed by atoms with Crippen molar-refractivity contribution in [2.24, 2.45) is 40.3 Å². The number of rotatable bonds is 13. The second kappa shape index (κ2) is 17.4. The number of carbonyl (C=O) groups is 1. The summed E-state index contributed by atoms with van der Waals surface area (Å²) in [6.07, 6.45) is -23.4. The van der Waals surface area contributed by atoms with E-state index < -0.39 is 147 Å². The lowest BCUT2D eigenvalue weighted by atomic mass is 9.73. The molecule has 21 N–H and O–H groups in total. The van der Waals surface area contributed by atoms with Crippen LogP contribution in [0.1, 0.15) is 12.8 Å². The maximum atomic E-state index is 14.0. The van der Waals surface area contributed by atoms with Crippen molar-refractivity contribution >= 4 is 5.91 Å². The first-order chi connectivity index (χ1) is 23.9. The van der Waals surface area contributed by atoms with Crippen LogP contribution in [-0.2, 0) is 28.5 Å². The summed E-state index contributed by atoms with van der Waals surface area (Å²) in [5.74, 6) is -6.58. The van der Waals surface area contributed by atoms with Crippen LogP contribution in [0.4, 0.5) is 8.78 Å². The molecule has 4 fully saturated rings. The third-order valence-electron chi connectivity index (χ3n) is 10.2. The van der Waals surface area contributed by atoms with Gasteiger partial charge in [-0.3, -0.25) is 4.79 Å². The van der Waals surface area contributed by atoms with Gasteiger partial charge < -0.3 is 104 Å². The van der Waals surface area contributed by atoms with Gasteiger partial charge in [-0.15, -0.1) is 0 Å². The van der Waals surface area contributed by atoms with E-state index in [1.165, 1.54) is 0 Å². The molecule has 3 aliphatic heterocycles. The minimum absolute atomic E-state index is 0.170. The van der Waals surface area contributed by atoms with Gasteiger partial charge in [0.05, 0.1) is 49.6 Å². The number of hydrogen-bond acceptors (Lipinski definition) is 20. The molecular formula is C28H53F2N7O14. The van der Waals surface area contributed by atoms with Crippen LogP contribution >= 0.6 is 0 Å². The summed E-state index contributed by atoms with van der Waals surface area (Å²) in [6, 6.07) is -4.99. The largest absolute Gasteiger partial charge is 0.394 e. The molecule has 1 aliphatic carbocycles. The Morgan fingerprint density at radius 1 is 0.765 bits per heavy atom. The van der Waals surface area contributed by atoms with Crippen LogP contribution in [-0.4, -0.2) is 195 Å². The van der Waals surface area contributed by atoms with Crippen molar-refractivity contribution in [1.82, 2.24) is 5.32 Å². The molecule has 0 unspecified atom stereocenters. The van der Waals surface area contributed by atoms with E-state index in [0.717, 1.165) is 0 Å². The van der Waals surface area contributed by atoms with Crippen LogP contribution in [0, 0.1) is 5.92 Å². The summed E-state index contributed by atoms with van der Waals surface area (Å²) in [5.41, 5.74) is 35.0. The number of hydrogen-bond donors (Lipinski definition) is 15. The first kappa shape index (κ1) is 42.3. The van der Waals surface area contributed by atoms with E-state index in [4.69, 9.17) is 58.1 Å². The summed E-state index contributed by atoms with van der Waals surface area (Å²) in [7, 11) is 0. The SMILES string of the molecule is NC[C@@H]1O[C@H](O[C@H]2[C@@H](O)[C@H](O[C@@H]3[C@@H](O)[C@H](NC(=O)[C@H](O)C(F)(F)CN)C[C@H](N)[C@H]3C[C@H]3O[C@H](CN)[C@@H](O)[C@@H](O)[C@H]3N)O[C@@H]2CO)[C@H](N)[C@@H](O)[C@@H]1O. The number of aliphatic hydroxyl groups excluding tert-OH is 8. The maximum absolute atomic E-state index is 14.0. The van der Waals surface area contributed by atoms with Crippen LogP contribution in [0.3, 0.4) is 0 Å². The molecule has 0 aromatic carbocycles. The summed E-state index contributed by atoms with van der Waals surface area (Å²) in [4.78, 5) is 12.6.